The van der Waals surface area contributed by atoms with Crippen molar-refractivity contribution in [1.82, 2.24) is 4.90 Å². The molecule has 4 atom stereocenters. The SMILES string of the molecule is OC1CN2Cc3cc4c(cc3[C@@]13CCCC[C@@H]23)OCO4. The van der Waals surface area contributed by atoms with E-state index in [9.17, 15) is 5.11 Å². The molecule has 0 amide bonds. The van der Waals surface area contributed by atoms with Crippen LogP contribution in [-0.4, -0.2) is 35.5 Å². The van der Waals surface area contributed by atoms with Crippen molar-refractivity contribution < 1.29 is 14.6 Å². The van der Waals surface area contributed by atoms with Gasteiger partial charge in [0.15, 0.2) is 11.5 Å². The minimum atomic E-state index is -0.241. The van der Waals surface area contributed by atoms with Crippen molar-refractivity contribution in [2.75, 3.05) is 13.3 Å². The smallest absolute Gasteiger partial charge is 0.231 e. The van der Waals surface area contributed by atoms with E-state index < -0.39 is 0 Å². The Morgan fingerprint density at radius 1 is 1.20 bits per heavy atom. The summed E-state index contributed by atoms with van der Waals surface area (Å²) in [7, 11) is 0. The van der Waals surface area contributed by atoms with E-state index in [1.54, 1.807) is 0 Å². The molecule has 4 aliphatic rings. The van der Waals surface area contributed by atoms with Gasteiger partial charge in [-0.05, 0) is 36.1 Å². The second-order valence-electron chi connectivity index (χ2n) is 6.61. The van der Waals surface area contributed by atoms with Crippen LogP contribution in [0.4, 0.5) is 0 Å². The Balaban J connectivity index is 1.74. The zero-order chi connectivity index (χ0) is 13.3. The molecule has 3 heterocycles. The number of hydrogen-bond acceptors (Lipinski definition) is 4. The predicted molar refractivity (Wildman–Crippen MR) is 72.9 cm³/mol. The maximum atomic E-state index is 10.8. The highest BCUT2D eigenvalue weighted by atomic mass is 16.7. The Labute approximate surface area is 118 Å². The number of nitrogens with zero attached hydrogens (tertiary/aromatic N) is 1. The summed E-state index contributed by atoms with van der Waals surface area (Å²) >= 11 is 0. The lowest BCUT2D eigenvalue weighted by Gasteiger charge is -2.47. The van der Waals surface area contributed by atoms with E-state index in [1.807, 2.05) is 0 Å². The summed E-state index contributed by atoms with van der Waals surface area (Å²) in [4.78, 5) is 2.48. The van der Waals surface area contributed by atoms with Crippen molar-refractivity contribution in [2.24, 2.45) is 0 Å². The first kappa shape index (κ1) is 11.4. The molecule has 1 aromatic carbocycles. The van der Waals surface area contributed by atoms with Crippen LogP contribution in [0.5, 0.6) is 11.5 Å². The van der Waals surface area contributed by atoms with E-state index >= 15 is 0 Å². The monoisotopic (exact) mass is 273 g/mol. The van der Waals surface area contributed by atoms with Gasteiger partial charge in [-0.25, -0.2) is 0 Å². The highest BCUT2D eigenvalue weighted by Gasteiger charge is 2.58. The molecule has 1 N–H and O–H groups in total. The van der Waals surface area contributed by atoms with E-state index in [4.69, 9.17) is 9.47 Å². The lowest BCUT2D eigenvalue weighted by molar-refractivity contribution is 0.0750. The lowest BCUT2D eigenvalue weighted by Crippen LogP contribution is -2.51. The Morgan fingerprint density at radius 2 is 2.05 bits per heavy atom. The Kier molecular flexibility index (Phi) is 2.10. The van der Waals surface area contributed by atoms with Crippen molar-refractivity contribution >= 4 is 0 Å². The number of aliphatic hydroxyl groups is 1. The Morgan fingerprint density at radius 3 is 2.95 bits per heavy atom. The molecule has 0 spiro atoms. The van der Waals surface area contributed by atoms with Crippen molar-refractivity contribution in [3.05, 3.63) is 23.3 Å². The van der Waals surface area contributed by atoms with E-state index in [2.05, 4.69) is 17.0 Å². The molecule has 1 aromatic rings. The predicted octanol–water partition coefficient (Wildman–Crippen LogP) is 1.79. The molecular weight excluding hydrogens is 254 g/mol. The zero-order valence-electron chi connectivity index (χ0n) is 11.5. The molecule has 1 aliphatic carbocycles. The summed E-state index contributed by atoms with van der Waals surface area (Å²) < 4.78 is 11.1. The summed E-state index contributed by atoms with van der Waals surface area (Å²) in [5.41, 5.74) is 2.59. The molecule has 0 aromatic heterocycles. The van der Waals surface area contributed by atoms with Crippen LogP contribution in [-0.2, 0) is 12.0 Å². The molecular formula is C16H19NO3. The van der Waals surface area contributed by atoms with Crippen LogP contribution in [0.25, 0.3) is 0 Å². The van der Waals surface area contributed by atoms with E-state index in [0.29, 0.717) is 12.8 Å². The fraction of sp³-hybridized carbons (Fsp3) is 0.625. The van der Waals surface area contributed by atoms with Crippen LogP contribution in [0.3, 0.4) is 0 Å². The average molecular weight is 273 g/mol. The molecule has 4 nitrogen and oxygen atoms in total. The highest BCUT2D eigenvalue weighted by Crippen LogP contribution is 2.55. The van der Waals surface area contributed by atoms with Gasteiger partial charge in [-0.15, -0.1) is 0 Å². The summed E-state index contributed by atoms with van der Waals surface area (Å²) in [5, 5.41) is 10.8. The van der Waals surface area contributed by atoms with Gasteiger partial charge in [-0.1, -0.05) is 12.8 Å². The normalized spacial score (nSPS) is 40.4. The van der Waals surface area contributed by atoms with E-state index in [0.717, 1.165) is 31.0 Å². The van der Waals surface area contributed by atoms with Crippen LogP contribution >= 0.6 is 0 Å². The van der Waals surface area contributed by atoms with Gasteiger partial charge in [0.05, 0.1) is 6.10 Å². The van der Waals surface area contributed by atoms with Gasteiger partial charge < -0.3 is 14.6 Å². The largest absolute Gasteiger partial charge is 0.454 e. The van der Waals surface area contributed by atoms with Gasteiger partial charge in [0, 0.05) is 24.5 Å². The third kappa shape index (κ3) is 1.20. The quantitative estimate of drug-likeness (QED) is 0.782. The molecule has 3 aliphatic heterocycles. The molecule has 5 rings (SSSR count). The molecule has 1 saturated heterocycles. The number of ether oxygens (including phenoxy) is 2. The summed E-state index contributed by atoms with van der Waals surface area (Å²) in [5.74, 6) is 1.72. The molecule has 20 heavy (non-hydrogen) atoms. The molecule has 106 valence electrons. The first-order valence-electron chi connectivity index (χ1n) is 7.64. The molecule has 0 radical (unpaired) electrons. The fourth-order valence-corrected chi connectivity index (χ4v) is 5.02. The van der Waals surface area contributed by atoms with Gasteiger partial charge in [-0.2, -0.15) is 0 Å². The maximum absolute atomic E-state index is 10.8. The molecule has 2 bridgehead atoms. The van der Waals surface area contributed by atoms with Crippen LogP contribution in [0.2, 0.25) is 0 Å². The van der Waals surface area contributed by atoms with Gasteiger partial charge in [-0.3, -0.25) is 4.90 Å². The van der Waals surface area contributed by atoms with Crippen LogP contribution < -0.4 is 9.47 Å². The lowest BCUT2D eigenvalue weighted by atomic mass is 9.62. The highest BCUT2D eigenvalue weighted by molar-refractivity contribution is 5.54. The van der Waals surface area contributed by atoms with E-state index in [-0.39, 0.29) is 11.5 Å². The van der Waals surface area contributed by atoms with Gasteiger partial charge in [0.1, 0.15) is 0 Å². The average Bonchev–Trinajstić information content (AvgIpc) is 2.99. The minimum Gasteiger partial charge on any atom is -0.454 e. The van der Waals surface area contributed by atoms with Gasteiger partial charge in [0.25, 0.3) is 0 Å². The molecule has 2 fully saturated rings. The summed E-state index contributed by atoms with van der Waals surface area (Å²) in [6.07, 6.45) is 4.58. The standard InChI is InChI=1S/C16H19NO3/c18-15-8-17-7-10-5-12-13(20-9-19-12)6-11(10)16(15)4-2-1-3-14(16)17/h5-6,14-15,18H,1-4,7-9H2/t14-,15?,16-/m1/s1. The number of benzene rings is 1. The topological polar surface area (TPSA) is 41.9 Å². The number of fused-ring (bicyclic) bond motifs is 2. The zero-order valence-corrected chi connectivity index (χ0v) is 11.5. The van der Waals surface area contributed by atoms with Gasteiger partial charge in [0.2, 0.25) is 6.79 Å². The second-order valence-corrected chi connectivity index (χ2v) is 6.61. The van der Waals surface area contributed by atoms with Crippen LogP contribution in [0.1, 0.15) is 36.8 Å². The van der Waals surface area contributed by atoms with E-state index in [1.165, 1.54) is 30.4 Å². The number of aliphatic hydroxyl groups excluding tert-OH is 1. The third-order valence-corrected chi connectivity index (χ3v) is 5.83. The minimum absolute atomic E-state index is 0.0627. The van der Waals surface area contributed by atoms with Crippen molar-refractivity contribution in [2.45, 2.75) is 49.8 Å². The number of rotatable bonds is 0. The molecule has 4 heteroatoms. The Hall–Kier alpha value is -1.26. The van der Waals surface area contributed by atoms with Gasteiger partial charge >= 0.3 is 0 Å². The summed E-state index contributed by atoms with van der Waals surface area (Å²) in [6, 6.07) is 4.80. The first-order chi connectivity index (χ1) is 9.79. The molecule has 1 saturated carbocycles. The van der Waals surface area contributed by atoms with Crippen LogP contribution in [0, 0.1) is 0 Å². The van der Waals surface area contributed by atoms with Crippen molar-refractivity contribution in [3.8, 4) is 11.5 Å². The Bertz CT molecular complexity index is 587. The maximum Gasteiger partial charge on any atom is 0.231 e. The second kappa shape index (κ2) is 3.68. The van der Waals surface area contributed by atoms with Crippen molar-refractivity contribution in [1.29, 1.82) is 0 Å². The number of hydrogen-bond donors (Lipinski definition) is 1. The van der Waals surface area contributed by atoms with Crippen LogP contribution in [0.15, 0.2) is 12.1 Å². The fourth-order valence-electron chi connectivity index (χ4n) is 5.02. The third-order valence-electron chi connectivity index (χ3n) is 5.83. The first-order valence-corrected chi connectivity index (χ1v) is 7.64. The van der Waals surface area contributed by atoms with Crippen molar-refractivity contribution in [3.63, 3.8) is 0 Å². The molecule has 2 unspecified atom stereocenters. The summed E-state index contributed by atoms with van der Waals surface area (Å²) in [6.45, 7) is 2.07.